The van der Waals surface area contributed by atoms with E-state index < -0.39 is 6.04 Å². The molecule has 1 aliphatic rings. The molecule has 2 aromatic carbocycles. The summed E-state index contributed by atoms with van der Waals surface area (Å²) in [7, 11) is 0. The molecule has 4 rings (SSSR count). The summed E-state index contributed by atoms with van der Waals surface area (Å²) in [5, 5.41) is 5.59. The molecule has 0 radical (unpaired) electrons. The Labute approximate surface area is 132 Å². The molecule has 23 heavy (non-hydrogen) atoms. The Bertz CT molecular complexity index is 901. The zero-order valence-corrected chi connectivity index (χ0v) is 12.2. The lowest BCUT2D eigenvalue weighted by atomic mass is 10.1. The van der Waals surface area contributed by atoms with Gasteiger partial charge in [-0.25, -0.2) is 4.98 Å². The number of hydrogen-bond acceptors (Lipinski definition) is 3. The van der Waals surface area contributed by atoms with E-state index in [1.807, 2.05) is 54.6 Å². The van der Waals surface area contributed by atoms with Crippen molar-refractivity contribution in [1.82, 2.24) is 9.55 Å². The minimum Gasteiger partial charge on any atom is -0.324 e. The zero-order valence-electron chi connectivity index (χ0n) is 12.2. The molecule has 0 saturated heterocycles. The van der Waals surface area contributed by atoms with Gasteiger partial charge >= 0.3 is 0 Å². The highest BCUT2D eigenvalue weighted by Gasteiger charge is 2.32. The van der Waals surface area contributed by atoms with Crippen molar-refractivity contribution in [2.45, 2.75) is 12.5 Å². The molecule has 1 atom stereocenters. The van der Waals surface area contributed by atoms with Crippen LogP contribution >= 0.6 is 0 Å². The van der Waals surface area contributed by atoms with E-state index in [1.165, 1.54) is 0 Å². The molecule has 0 bridgehead atoms. The molecule has 3 aromatic rings. The SMILES string of the molecule is O=C1C[C@@H](C(=O)Nc2ccccc2)n2c(nc3ccccc32)N1. The van der Waals surface area contributed by atoms with E-state index in [4.69, 9.17) is 0 Å². The second kappa shape index (κ2) is 5.24. The molecular weight excluding hydrogens is 292 g/mol. The Morgan fingerprint density at radius 2 is 1.87 bits per heavy atom. The third kappa shape index (κ3) is 2.34. The maximum Gasteiger partial charge on any atom is 0.248 e. The van der Waals surface area contributed by atoms with E-state index in [2.05, 4.69) is 15.6 Å². The highest BCUT2D eigenvalue weighted by Crippen LogP contribution is 2.30. The van der Waals surface area contributed by atoms with Crippen LogP contribution in [-0.2, 0) is 9.59 Å². The van der Waals surface area contributed by atoms with E-state index in [1.54, 1.807) is 4.57 Å². The Kier molecular flexibility index (Phi) is 3.08. The number of aromatic nitrogens is 2. The largest absolute Gasteiger partial charge is 0.324 e. The van der Waals surface area contributed by atoms with Crippen LogP contribution in [0.5, 0.6) is 0 Å². The Balaban J connectivity index is 1.75. The zero-order chi connectivity index (χ0) is 15.8. The summed E-state index contributed by atoms with van der Waals surface area (Å²) in [5.74, 6) is -0.0212. The third-order valence-corrected chi connectivity index (χ3v) is 3.88. The van der Waals surface area contributed by atoms with Crippen LogP contribution in [0, 0.1) is 0 Å². The van der Waals surface area contributed by atoms with E-state index in [9.17, 15) is 9.59 Å². The molecule has 0 unspecified atom stereocenters. The maximum absolute atomic E-state index is 12.7. The van der Waals surface area contributed by atoms with Gasteiger partial charge < -0.3 is 5.32 Å². The third-order valence-electron chi connectivity index (χ3n) is 3.88. The molecule has 2 amide bonds. The second-order valence-corrected chi connectivity index (χ2v) is 5.42. The summed E-state index contributed by atoms with van der Waals surface area (Å²) in [5.41, 5.74) is 2.28. The number of benzene rings is 2. The van der Waals surface area contributed by atoms with Gasteiger partial charge in [0.05, 0.1) is 17.5 Å². The number of para-hydroxylation sites is 3. The van der Waals surface area contributed by atoms with Crippen LogP contribution in [0.25, 0.3) is 11.0 Å². The van der Waals surface area contributed by atoms with E-state index in [0.29, 0.717) is 11.6 Å². The van der Waals surface area contributed by atoms with Crippen molar-refractivity contribution in [3.05, 3.63) is 54.6 Å². The first-order valence-corrected chi connectivity index (χ1v) is 7.35. The Morgan fingerprint density at radius 3 is 2.70 bits per heavy atom. The Morgan fingerprint density at radius 1 is 1.13 bits per heavy atom. The summed E-state index contributed by atoms with van der Waals surface area (Å²) in [6, 6.07) is 16.1. The summed E-state index contributed by atoms with van der Waals surface area (Å²) in [4.78, 5) is 29.0. The van der Waals surface area contributed by atoms with Gasteiger partial charge in [-0.3, -0.25) is 19.5 Å². The first-order valence-electron chi connectivity index (χ1n) is 7.35. The molecule has 1 aromatic heterocycles. The number of carbonyl (C=O) groups excluding carboxylic acids is 2. The number of imidazole rings is 1. The summed E-state index contributed by atoms with van der Waals surface area (Å²) < 4.78 is 1.79. The van der Waals surface area contributed by atoms with Gasteiger partial charge in [0.2, 0.25) is 17.8 Å². The van der Waals surface area contributed by atoms with Crippen LogP contribution in [0.15, 0.2) is 54.6 Å². The number of carbonyl (C=O) groups is 2. The fourth-order valence-electron chi connectivity index (χ4n) is 2.85. The predicted molar refractivity (Wildman–Crippen MR) is 87.1 cm³/mol. The fraction of sp³-hybridized carbons (Fsp3) is 0.118. The minimum atomic E-state index is -0.619. The first-order chi connectivity index (χ1) is 11.2. The van der Waals surface area contributed by atoms with Crippen molar-refractivity contribution in [2.24, 2.45) is 0 Å². The number of hydrogen-bond donors (Lipinski definition) is 2. The van der Waals surface area contributed by atoms with Crippen LogP contribution in [-0.4, -0.2) is 21.4 Å². The average Bonchev–Trinajstić information content (AvgIpc) is 2.93. The lowest BCUT2D eigenvalue weighted by Crippen LogP contribution is -2.35. The monoisotopic (exact) mass is 306 g/mol. The number of rotatable bonds is 2. The standard InChI is InChI=1S/C17H14N4O2/c22-15-10-14(16(23)18-11-6-2-1-3-7-11)21-13-9-5-4-8-12(13)19-17(21)20-15/h1-9,14H,10H2,(H,18,23)(H,19,20,22)/t14-/m0/s1. The van der Waals surface area contributed by atoms with Gasteiger partial charge in [0.25, 0.3) is 0 Å². The van der Waals surface area contributed by atoms with Crippen molar-refractivity contribution in [2.75, 3.05) is 10.6 Å². The first kappa shape index (κ1) is 13.5. The van der Waals surface area contributed by atoms with Crippen LogP contribution in [0.1, 0.15) is 12.5 Å². The van der Waals surface area contributed by atoms with Gasteiger partial charge in [0.1, 0.15) is 6.04 Å². The number of fused-ring (bicyclic) bond motifs is 3. The number of anilines is 2. The van der Waals surface area contributed by atoms with Gasteiger partial charge in [-0.15, -0.1) is 0 Å². The maximum atomic E-state index is 12.7. The predicted octanol–water partition coefficient (Wildman–Crippen LogP) is 2.56. The number of nitrogens with zero attached hydrogens (tertiary/aromatic N) is 2. The van der Waals surface area contributed by atoms with Crippen LogP contribution < -0.4 is 10.6 Å². The summed E-state index contributed by atoms with van der Waals surface area (Å²) >= 11 is 0. The summed E-state index contributed by atoms with van der Waals surface area (Å²) in [6.07, 6.45) is 0.0893. The molecule has 114 valence electrons. The number of nitrogens with one attached hydrogen (secondary N) is 2. The molecule has 0 saturated carbocycles. The van der Waals surface area contributed by atoms with Crippen molar-refractivity contribution in [3.8, 4) is 0 Å². The van der Waals surface area contributed by atoms with Crippen LogP contribution in [0.3, 0.4) is 0 Å². The highest BCUT2D eigenvalue weighted by atomic mass is 16.2. The van der Waals surface area contributed by atoms with Crippen LogP contribution in [0.4, 0.5) is 11.6 Å². The molecule has 2 N–H and O–H groups in total. The molecule has 6 heteroatoms. The minimum absolute atomic E-state index is 0.0893. The average molecular weight is 306 g/mol. The molecule has 0 spiro atoms. The van der Waals surface area contributed by atoms with Crippen molar-refractivity contribution >= 4 is 34.5 Å². The van der Waals surface area contributed by atoms with E-state index in [0.717, 1.165) is 11.0 Å². The fourth-order valence-corrected chi connectivity index (χ4v) is 2.85. The van der Waals surface area contributed by atoms with Gasteiger partial charge in [0.15, 0.2) is 0 Å². The van der Waals surface area contributed by atoms with Crippen molar-refractivity contribution in [3.63, 3.8) is 0 Å². The Hall–Kier alpha value is -3.15. The van der Waals surface area contributed by atoms with E-state index >= 15 is 0 Å². The van der Waals surface area contributed by atoms with Crippen molar-refractivity contribution in [1.29, 1.82) is 0 Å². The quantitative estimate of drug-likeness (QED) is 0.764. The van der Waals surface area contributed by atoms with Gasteiger partial charge in [-0.2, -0.15) is 0 Å². The van der Waals surface area contributed by atoms with Crippen LogP contribution in [0.2, 0.25) is 0 Å². The van der Waals surface area contributed by atoms with Crippen molar-refractivity contribution < 1.29 is 9.59 Å². The normalized spacial score (nSPS) is 16.7. The molecule has 0 aliphatic carbocycles. The molecule has 1 aliphatic heterocycles. The highest BCUT2D eigenvalue weighted by molar-refractivity contribution is 6.02. The smallest absolute Gasteiger partial charge is 0.248 e. The molecule has 6 nitrogen and oxygen atoms in total. The molecule has 2 heterocycles. The molecular formula is C17H14N4O2. The molecule has 0 fully saturated rings. The summed E-state index contributed by atoms with van der Waals surface area (Å²) in [6.45, 7) is 0. The van der Waals surface area contributed by atoms with Gasteiger partial charge in [-0.05, 0) is 24.3 Å². The topological polar surface area (TPSA) is 76.0 Å². The van der Waals surface area contributed by atoms with Gasteiger partial charge in [-0.1, -0.05) is 30.3 Å². The van der Waals surface area contributed by atoms with Gasteiger partial charge in [0, 0.05) is 5.69 Å². The van der Waals surface area contributed by atoms with E-state index in [-0.39, 0.29) is 18.2 Å². The lowest BCUT2D eigenvalue weighted by molar-refractivity contribution is -0.124. The lowest BCUT2D eigenvalue weighted by Gasteiger charge is -2.24. The second-order valence-electron chi connectivity index (χ2n) is 5.42. The number of amides is 2.